The lowest BCUT2D eigenvalue weighted by molar-refractivity contribution is -0.145. The van der Waals surface area contributed by atoms with Crippen molar-refractivity contribution in [3.63, 3.8) is 0 Å². The minimum absolute atomic E-state index is 0.351. The lowest BCUT2D eigenvalue weighted by Crippen LogP contribution is -2.29. The fourth-order valence-electron chi connectivity index (χ4n) is 1.79. The second kappa shape index (κ2) is 6.05. The molecule has 2 aromatic carbocycles. The van der Waals surface area contributed by atoms with Crippen molar-refractivity contribution in [3.8, 4) is 5.75 Å². The highest BCUT2D eigenvalue weighted by Gasteiger charge is 2.19. The molecule has 0 bridgehead atoms. The molecule has 0 aliphatic rings. The van der Waals surface area contributed by atoms with E-state index in [1.165, 1.54) is 0 Å². The van der Waals surface area contributed by atoms with Crippen LogP contribution < -0.4 is 4.74 Å². The summed E-state index contributed by atoms with van der Waals surface area (Å²) in [5, 5.41) is 9.23. The average molecular weight is 256 g/mol. The largest absolute Gasteiger partial charge is 0.478 e. The Morgan fingerprint density at radius 1 is 1.11 bits per heavy atom. The van der Waals surface area contributed by atoms with Crippen LogP contribution in [0.1, 0.15) is 11.1 Å². The standard InChI is InChI=1S/C16H16O3/c1-12-7-9-14(10-8-12)19-15(16(17)18)11-13-5-3-2-4-6-13/h2-10,15H,11H2,1H3,(H,17,18)/t15-/m1/s1. The van der Waals surface area contributed by atoms with Gasteiger partial charge in [-0.3, -0.25) is 0 Å². The van der Waals surface area contributed by atoms with E-state index < -0.39 is 12.1 Å². The maximum atomic E-state index is 11.3. The molecule has 0 heterocycles. The number of ether oxygens (including phenoxy) is 1. The first-order valence-corrected chi connectivity index (χ1v) is 6.15. The van der Waals surface area contributed by atoms with E-state index >= 15 is 0 Å². The number of aliphatic carboxylic acids is 1. The molecule has 19 heavy (non-hydrogen) atoms. The van der Waals surface area contributed by atoms with Gasteiger partial charge in [-0.05, 0) is 24.6 Å². The normalized spacial score (nSPS) is 11.8. The van der Waals surface area contributed by atoms with E-state index in [0.717, 1.165) is 11.1 Å². The predicted octanol–water partition coefficient (Wildman–Crippen LogP) is 3.07. The number of rotatable bonds is 5. The Morgan fingerprint density at radius 3 is 2.32 bits per heavy atom. The van der Waals surface area contributed by atoms with Crippen molar-refractivity contribution in [2.75, 3.05) is 0 Å². The van der Waals surface area contributed by atoms with Crippen molar-refractivity contribution in [2.45, 2.75) is 19.4 Å². The molecular weight excluding hydrogens is 240 g/mol. The molecule has 0 aliphatic heterocycles. The van der Waals surface area contributed by atoms with Crippen molar-refractivity contribution < 1.29 is 14.6 Å². The molecule has 0 aliphatic carbocycles. The van der Waals surface area contributed by atoms with E-state index in [2.05, 4.69) is 0 Å². The molecule has 3 heteroatoms. The Morgan fingerprint density at radius 2 is 1.74 bits per heavy atom. The molecule has 0 amide bonds. The van der Waals surface area contributed by atoms with Crippen molar-refractivity contribution in [2.24, 2.45) is 0 Å². The molecular formula is C16H16O3. The summed E-state index contributed by atoms with van der Waals surface area (Å²) >= 11 is 0. The number of hydrogen-bond donors (Lipinski definition) is 1. The first-order chi connectivity index (χ1) is 9.15. The molecule has 3 nitrogen and oxygen atoms in total. The minimum Gasteiger partial charge on any atom is -0.478 e. The quantitative estimate of drug-likeness (QED) is 0.894. The summed E-state index contributed by atoms with van der Waals surface area (Å²) in [5.74, 6) is -0.377. The van der Waals surface area contributed by atoms with Gasteiger partial charge in [-0.2, -0.15) is 0 Å². The summed E-state index contributed by atoms with van der Waals surface area (Å²) in [7, 11) is 0. The van der Waals surface area contributed by atoms with Crippen LogP contribution in [-0.2, 0) is 11.2 Å². The maximum Gasteiger partial charge on any atom is 0.345 e. The Balaban J connectivity index is 2.08. The number of carboxylic acids is 1. The van der Waals surface area contributed by atoms with Crippen LogP contribution in [0.3, 0.4) is 0 Å². The first-order valence-electron chi connectivity index (χ1n) is 6.15. The summed E-state index contributed by atoms with van der Waals surface area (Å²) in [6.07, 6.45) is -0.519. The third-order valence-corrected chi connectivity index (χ3v) is 2.84. The second-order valence-electron chi connectivity index (χ2n) is 4.45. The van der Waals surface area contributed by atoms with E-state index in [1.54, 1.807) is 12.1 Å². The van der Waals surface area contributed by atoms with Gasteiger partial charge < -0.3 is 9.84 Å². The van der Waals surface area contributed by atoms with Crippen LogP contribution in [0.15, 0.2) is 54.6 Å². The number of carbonyl (C=O) groups is 1. The lowest BCUT2D eigenvalue weighted by atomic mass is 10.1. The average Bonchev–Trinajstić information content (AvgIpc) is 2.41. The molecule has 0 saturated heterocycles. The number of benzene rings is 2. The Kier molecular flexibility index (Phi) is 4.18. The Labute approximate surface area is 112 Å². The summed E-state index contributed by atoms with van der Waals surface area (Å²) in [6, 6.07) is 16.9. The third-order valence-electron chi connectivity index (χ3n) is 2.84. The number of aryl methyl sites for hydroxylation is 1. The highest BCUT2D eigenvalue weighted by Crippen LogP contribution is 2.15. The summed E-state index contributed by atoms with van der Waals surface area (Å²) in [4.78, 5) is 11.3. The topological polar surface area (TPSA) is 46.5 Å². The van der Waals surface area contributed by atoms with Gasteiger partial charge >= 0.3 is 5.97 Å². The molecule has 2 aromatic rings. The molecule has 1 N–H and O–H groups in total. The van der Waals surface area contributed by atoms with Crippen molar-refractivity contribution in [1.29, 1.82) is 0 Å². The smallest absolute Gasteiger partial charge is 0.345 e. The van der Waals surface area contributed by atoms with Crippen LogP contribution in [-0.4, -0.2) is 17.2 Å². The Bertz CT molecular complexity index is 532. The van der Waals surface area contributed by atoms with Gasteiger partial charge in [0.15, 0.2) is 6.10 Å². The van der Waals surface area contributed by atoms with Crippen LogP contribution in [0.5, 0.6) is 5.75 Å². The van der Waals surface area contributed by atoms with Crippen molar-refractivity contribution >= 4 is 5.97 Å². The Hall–Kier alpha value is -2.29. The first kappa shape index (κ1) is 13.1. The molecule has 2 rings (SSSR count). The predicted molar refractivity (Wildman–Crippen MR) is 73.4 cm³/mol. The molecule has 0 fully saturated rings. The van der Waals surface area contributed by atoms with Gasteiger partial charge in [-0.1, -0.05) is 48.0 Å². The van der Waals surface area contributed by atoms with Crippen LogP contribution >= 0.6 is 0 Å². The highest BCUT2D eigenvalue weighted by atomic mass is 16.5. The summed E-state index contributed by atoms with van der Waals surface area (Å²) in [6.45, 7) is 1.97. The number of hydrogen-bond acceptors (Lipinski definition) is 2. The lowest BCUT2D eigenvalue weighted by Gasteiger charge is -2.15. The third kappa shape index (κ3) is 3.85. The van der Waals surface area contributed by atoms with E-state index in [0.29, 0.717) is 12.2 Å². The zero-order valence-electron chi connectivity index (χ0n) is 10.7. The van der Waals surface area contributed by atoms with E-state index in [9.17, 15) is 9.90 Å². The fraction of sp³-hybridized carbons (Fsp3) is 0.188. The SMILES string of the molecule is Cc1ccc(O[C@H](Cc2ccccc2)C(=O)O)cc1. The van der Waals surface area contributed by atoms with Crippen LogP contribution in [0.25, 0.3) is 0 Å². The van der Waals surface area contributed by atoms with Gasteiger partial charge in [0.1, 0.15) is 5.75 Å². The zero-order valence-corrected chi connectivity index (χ0v) is 10.7. The van der Waals surface area contributed by atoms with Gasteiger partial charge in [0.05, 0.1) is 0 Å². The van der Waals surface area contributed by atoms with E-state index in [4.69, 9.17) is 4.74 Å². The monoisotopic (exact) mass is 256 g/mol. The van der Waals surface area contributed by atoms with Crippen LogP contribution in [0.4, 0.5) is 0 Å². The zero-order chi connectivity index (χ0) is 13.7. The van der Waals surface area contributed by atoms with Crippen molar-refractivity contribution in [1.82, 2.24) is 0 Å². The van der Waals surface area contributed by atoms with Crippen LogP contribution in [0, 0.1) is 6.92 Å². The van der Waals surface area contributed by atoms with Gasteiger partial charge in [0.2, 0.25) is 0 Å². The van der Waals surface area contributed by atoms with Gasteiger partial charge in [-0.25, -0.2) is 4.79 Å². The maximum absolute atomic E-state index is 11.3. The van der Waals surface area contributed by atoms with Gasteiger partial charge in [0.25, 0.3) is 0 Å². The second-order valence-corrected chi connectivity index (χ2v) is 4.45. The molecule has 0 saturated carbocycles. The minimum atomic E-state index is -0.954. The highest BCUT2D eigenvalue weighted by molar-refractivity contribution is 5.73. The van der Waals surface area contributed by atoms with E-state index in [1.807, 2.05) is 49.4 Å². The molecule has 98 valence electrons. The summed E-state index contributed by atoms with van der Waals surface area (Å²) < 4.78 is 5.54. The van der Waals surface area contributed by atoms with E-state index in [-0.39, 0.29) is 0 Å². The van der Waals surface area contributed by atoms with Crippen LogP contribution in [0.2, 0.25) is 0 Å². The van der Waals surface area contributed by atoms with Gasteiger partial charge in [0, 0.05) is 6.42 Å². The number of carboxylic acid groups (broad SMARTS) is 1. The molecule has 0 radical (unpaired) electrons. The van der Waals surface area contributed by atoms with Crippen molar-refractivity contribution in [3.05, 3.63) is 65.7 Å². The molecule has 0 aromatic heterocycles. The molecule has 0 unspecified atom stereocenters. The molecule has 0 spiro atoms. The van der Waals surface area contributed by atoms with Gasteiger partial charge in [-0.15, -0.1) is 0 Å². The fourth-order valence-corrected chi connectivity index (χ4v) is 1.79. The molecule has 1 atom stereocenters. The summed E-state index contributed by atoms with van der Waals surface area (Å²) in [5.41, 5.74) is 2.06.